The van der Waals surface area contributed by atoms with Crippen molar-refractivity contribution < 1.29 is 4.79 Å². The molecule has 4 rings (SSSR count). The predicted octanol–water partition coefficient (Wildman–Crippen LogP) is 5.15. The van der Waals surface area contributed by atoms with E-state index in [1.54, 1.807) is 5.57 Å². The average Bonchev–Trinajstić information content (AvgIpc) is 2.85. The number of allylic oxidation sites excluding steroid dienone is 1. The molecule has 6 atom stereocenters. The summed E-state index contributed by atoms with van der Waals surface area (Å²) >= 11 is 0. The molecule has 0 bridgehead atoms. The lowest BCUT2D eigenvalue weighted by Gasteiger charge is -2.54. The zero-order chi connectivity index (χ0) is 14.8. The molecule has 1 heteroatoms. The topological polar surface area (TPSA) is 17.1 Å². The number of hydrogen-bond donors (Lipinski definition) is 0. The summed E-state index contributed by atoms with van der Waals surface area (Å²) in [6, 6.07) is 0. The summed E-state index contributed by atoms with van der Waals surface area (Å²) in [5, 5.41) is 0. The van der Waals surface area contributed by atoms with Gasteiger partial charge < -0.3 is 0 Å². The third-order valence-corrected chi connectivity index (χ3v) is 7.90. The predicted molar refractivity (Wildman–Crippen MR) is 85.9 cm³/mol. The molecule has 0 aromatic heterocycles. The van der Waals surface area contributed by atoms with Crippen molar-refractivity contribution in [3.63, 3.8) is 0 Å². The maximum Gasteiger partial charge on any atom is 0.158 e. The Bertz CT molecular complexity index is 502. The fourth-order valence-electron chi connectivity index (χ4n) is 6.87. The van der Waals surface area contributed by atoms with Crippen LogP contribution in [0.5, 0.6) is 0 Å². The number of hydrogen-bond acceptors (Lipinski definition) is 1. The number of carbonyl (C=O) groups is 1. The van der Waals surface area contributed by atoms with Crippen LogP contribution in [0.2, 0.25) is 0 Å². The van der Waals surface area contributed by atoms with E-state index >= 15 is 0 Å². The monoisotopic (exact) mass is 286 g/mol. The first kappa shape index (κ1) is 14.0. The van der Waals surface area contributed by atoms with E-state index in [-0.39, 0.29) is 0 Å². The zero-order valence-electron chi connectivity index (χ0n) is 14.0. The van der Waals surface area contributed by atoms with E-state index in [2.05, 4.69) is 20.8 Å². The van der Waals surface area contributed by atoms with Crippen LogP contribution in [0.3, 0.4) is 0 Å². The first-order valence-electron chi connectivity index (χ1n) is 9.24. The molecule has 4 aliphatic rings. The van der Waals surface area contributed by atoms with Crippen LogP contribution in [-0.4, -0.2) is 5.78 Å². The molecular formula is C20H30O. The molecule has 3 saturated carbocycles. The van der Waals surface area contributed by atoms with Crippen LogP contribution < -0.4 is 0 Å². The maximum atomic E-state index is 12.2. The molecule has 0 N–H and O–H groups in total. The van der Waals surface area contributed by atoms with Gasteiger partial charge in [-0.15, -0.1) is 0 Å². The summed E-state index contributed by atoms with van der Waals surface area (Å²) in [6.45, 7) is 7.03. The molecule has 0 amide bonds. The van der Waals surface area contributed by atoms with E-state index in [1.165, 1.54) is 44.9 Å². The lowest BCUT2D eigenvalue weighted by molar-refractivity contribution is -0.118. The molecule has 4 aliphatic carbocycles. The van der Waals surface area contributed by atoms with Gasteiger partial charge in [0, 0.05) is 6.42 Å². The molecule has 0 saturated heterocycles. The standard InChI is InChI=1S/C20H30O/c1-12-11-18(21)13(2)14-6-7-15-16(19(12)14)8-10-20(3)9-4-5-17(15)20/h12,15-17,19H,4-11H2,1-3H3/t12?,15-,16+,17+,19+,20+/m1/s1. The van der Waals surface area contributed by atoms with Crippen LogP contribution in [0, 0.1) is 35.0 Å². The van der Waals surface area contributed by atoms with Crippen LogP contribution in [0.4, 0.5) is 0 Å². The Hall–Kier alpha value is -0.590. The maximum absolute atomic E-state index is 12.2. The minimum absolute atomic E-state index is 0.439. The number of rotatable bonds is 0. The Morgan fingerprint density at radius 2 is 1.90 bits per heavy atom. The van der Waals surface area contributed by atoms with Crippen LogP contribution in [-0.2, 0) is 4.79 Å². The fourth-order valence-corrected chi connectivity index (χ4v) is 6.87. The van der Waals surface area contributed by atoms with E-state index < -0.39 is 0 Å². The highest BCUT2D eigenvalue weighted by molar-refractivity contribution is 5.96. The molecule has 0 heterocycles. The van der Waals surface area contributed by atoms with Crippen molar-refractivity contribution in [3.8, 4) is 0 Å². The van der Waals surface area contributed by atoms with Crippen molar-refractivity contribution in [3.05, 3.63) is 11.1 Å². The lowest BCUT2D eigenvalue weighted by Crippen LogP contribution is -2.47. The third-order valence-electron chi connectivity index (χ3n) is 7.90. The largest absolute Gasteiger partial charge is 0.295 e. The summed E-state index contributed by atoms with van der Waals surface area (Å²) in [4.78, 5) is 12.2. The first-order valence-corrected chi connectivity index (χ1v) is 9.24. The van der Waals surface area contributed by atoms with Crippen molar-refractivity contribution in [1.82, 2.24) is 0 Å². The summed E-state index contributed by atoms with van der Waals surface area (Å²) in [6.07, 6.45) is 10.7. The zero-order valence-corrected chi connectivity index (χ0v) is 14.0. The highest BCUT2D eigenvalue weighted by Gasteiger charge is 2.53. The van der Waals surface area contributed by atoms with Crippen LogP contribution in [0.1, 0.15) is 72.1 Å². The van der Waals surface area contributed by atoms with Crippen molar-refractivity contribution in [2.75, 3.05) is 0 Å². The van der Waals surface area contributed by atoms with Gasteiger partial charge in [-0.05, 0) is 86.0 Å². The minimum Gasteiger partial charge on any atom is -0.295 e. The van der Waals surface area contributed by atoms with Gasteiger partial charge in [-0.3, -0.25) is 4.79 Å². The van der Waals surface area contributed by atoms with Crippen molar-refractivity contribution >= 4 is 5.78 Å². The Labute approximate surface area is 129 Å². The van der Waals surface area contributed by atoms with Gasteiger partial charge in [0.2, 0.25) is 0 Å². The molecule has 1 unspecified atom stereocenters. The van der Waals surface area contributed by atoms with Gasteiger partial charge in [0.1, 0.15) is 0 Å². The molecule has 116 valence electrons. The van der Waals surface area contributed by atoms with Crippen molar-refractivity contribution in [1.29, 1.82) is 0 Å². The van der Waals surface area contributed by atoms with Gasteiger partial charge in [-0.2, -0.15) is 0 Å². The molecule has 21 heavy (non-hydrogen) atoms. The summed E-state index contributed by atoms with van der Waals surface area (Å²) in [5.74, 6) is 4.62. The van der Waals surface area contributed by atoms with Gasteiger partial charge in [-0.25, -0.2) is 0 Å². The summed E-state index contributed by atoms with van der Waals surface area (Å²) < 4.78 is 0. The van der Waals surface area contributed by atoms with Crippen LogP contribution in [0.25, 0.3) is 0 Å². The number of ketones is 1. The molecular weight excluding hydrogens is 256 g/mol. The first-order chi connectivity index (χ1) is 10.0. The molecule has 0 aromatic rings. The highest BCUT2D eigenvalue weighted by Crippen LogP contribution is 2.62. The van der Waals surface area contributed by atoms with Crippen molar-refractivity contribution in [2.45, 2.75) is 72.1 Å². The average molecular weight is 286 g/mol. The second kappa shape index (κ2) is 4.70. The Balaban J connectivity index is 1.69. The molecule has 0 spiro atoms. The van der Waals surface area contributed by atoms with E-state index in [9.17, 15) is 4.79 Å². The number of Topliss-reactive ketones (excluding diaryl/α,β-unsaturated/α-hetero) is 1. The molecule has 0 aliphatic heterocycles. The van der Waals surface area contributed by atoms with E-state index in [0.717, 1.165) is 35.7 Å². The van der Waals surface area contributed by atoms with Gasteiger partial charge in [-0.1, -0.05) is 25.8 Å². The van der Waals surface area contributed by atoms with Gasteiger partial charge >= 0.3 is 0 Å². The number of fused-ring (bicyclic) bond motifs is 5. The SMILES string of the molecule is CC1=C2CC[C@@H]3[C@H](CC[C@]4(C)CCC[C@@H]34)[C@H]2C(C)CC1=O. The summed E-state index contributed by atoms with van der Waals surface area (Å²) in [5.41, 5.74) is 3.38. The van der Waals surface area contributed by atoms with Gasteiger partial charge in [0.05, 0.1) is 0 Å². The fraction of sp³-hybridized carbons (Fsp3) is 0.850. The Morgan fingerprint density at radius 1 is 1.10 bits per heavy atom. The highest BCUT2D eigenvalue weighted by atomic mass is 16.1. The number of carbonyl (C=O) groups excluding carboxylic acids is 1. The Kier molecular flexibility index (Phi) is 3.14. The normalized spacial score (nSPS) is 49.7. The molecule has 3 fully saturated rings. The second-order valence-electron chi connectivity index (χ2n) is 8.84. The van der Waals surface area contributed by atoms with E-state index in [1.807, 2.05) is 0 Å². The van der Waals surface area contributed by atoms with Crippen LogP contribution in [0.15, 0.2) is 11.1 Å². The second-order valence-corrected chi connectivity index (χ2v) is 8.84. The Morgan fingerprint density at radius 3 is 2.71 bits per heavy atom. The quantitative estimate of drug-likeness (QED) is 0.601. The smallest absolute Gasteiger partial charge is 0.158 e. The van der Waals surface area contributed by atoms with Gasteiger partial charge in [0.15, 0.2) is 5.78 Å². The lowest BCUT2D eigenvalue weighted by atomic mass is 9.50. The third kappa shape index (κ3) is 1.92. The summed E-state index contributed by atoms with van der Waals surface area (Å²) in [7, 11) is 0. The van der Waals surface area contributed by atoms with Crippen LogP contribution >= 0.6 is 0 Å². The molecule has 0 radical (unpaired) electrons. The molecule has 0 aromatic carbocycles. The van der Waals surface area contributed by atoms with E-state index in [0.29, 0.717) is 17.1 Å². The van der Waals surface area contributed by atoms with Gasteiger partial charge in [0.25, 0.3) is 0 Å². The molecule has 1 nitrogen and oxygen atoms in total. The minimum atomic E-state index is 0.439. The van der Waals surface area contributed by atoms with E-state index in [4.69, 9.17) is 0 Å². The van der Waals surface area contributed by atoms with Crippen molar-refractivity contribution in [2.24, 2.45) is 35.0 Å².